The van der Waals surface area contributed by atoms with E-state index in [4.69, 9.17) is 0 Å². The number of carbonyl (C=O) groups excluding carboxylic acids is 1. The van der Waals surface area contributed by atoms with Gasteiger partial charge in [0.2, 0.25) is 5.82 Å². The molecule has 0 aliphatic carbocycles. The summed E-state index contributed by atoms with van der Waals surface area (Å²) in [5.74, 6) is -2.60. The minimum absolute atomic E-state index is 0.0261. The quantitative estimate of drug-likeness (QED) is 0.551. The first-order chi connectivity index (χ1) is 12.5. The molecule has 3 rings (SSSR count). The first-order valence-electron chi connectivity index (χ1n) is 7.92. The van der Waals surface area contributed by atoms with Crippen LogP contribution < -0.4 is 4.90 Å². The third kappa shape index (κ3) is 4.60. The molecule has 0 unspecified atom stereocenters. The van der Waals surface area contributed by atoms with Crippen LogP contribution in [0.3, 0.4) is 0 Å². The smallest absolute Gasteiger partial charge is 0.451 e. The van der Waals surface area contributed by atoms with Gasteiger partial charge in [0.25, 0.3) is 0 Å². The molecule has 0 amide bonds. The highest BCUT2D eigenvalue weighted by Crippen LogP contribution is 2.36. The number of hydrogen-bond acceptors (Lipinski definition) is 6. The van der Waals surface area contributed by atoms with E-state index in [1.165, 1.54) is 6.07 Å². The number of aromatic nitrogens is 2. The van der Waals surface area contributed by atoms with Crippen molar-refractivity contribution in [3.63, 3.8) is 0 Å². The number of anilines is 1. The lowest BCUT2D eigenvalue weighted by Crippen LogP contribution is -2.31. The average Bonchev–Trinajstić information content (AvgIpc) is 3.02. The summed E-state index contributed by atoms with van der Waals surface area (Å²) in [6.45, 7) is -0.793. The van der Waals surface area contributed by atoms with E-state index in [-0.39, 0.29) is 20.9 Å². The molecule has 0 radical (unpaired) electrons. The third-order valence-electron chi connectivity index (χ3n) is 3.85. The molecular weight excluding hydrogens is 400 g/mol. The van der Waals surface area contributed by atoms with Gasteiger partial charge in [0.15, 0.2) is 6.61 Å². The van der Waals surface area contributed by atoms with E-state index in [0.29, 0.717) is 24.4 Å². The number of rotatable bonds is 3. The van der Waals surface area contributed by atoms with Gasteiger partial charge < -0.3 is 9.64 Å². The molecule has 1 fully saturated rings. The number of halogens is 6. The number of hydrogen-bond donors (Lipinski definition) is 0. The molecule has 0 bridgehead atoms. The molecule has 0 atom stereocenters. The zero-order valence-electron chi connectivity index (χ0n) is 13.7. The molecule has 2 aromatic rings. The first kappa shape index (κ1) is 19.6. The van der Waals surface area contributed by atoms with Crippen LogP contribution in [0.5, 0.6) is 0 Å². The zero-order chi connectivity index (χ0) is 19.8. The second kappa shape index (κ2) is 7.13. The second-order valence-electron chi connectivity index (χ2n) is 5.94. The maximum absolute atomic E-state index is 13.1. The molecule has 2 aromatic heterocycles. The Morgan fingerprint density at radius 3 is 2.37 bits per heavy atom. The third-order valence-corrected chi connectivity index (χ3v) is 4.86. The zero-order valence-corrected chi connectivity index (χ0v) is 14.5. The Labute approximate surface area is 152 Å². The van der Waals surface area contributed by atoms with Crippen LogP contribution in [0.15, 0.2) is 6.07 Å². The Kier molecular flexibility index (Phi) is 5.19. The van der Waals surface area contributed by atoms with Gasteiger partial charge in [-0.15, -0.1) is 11.3 Å². The molecular formula is C15H13F6N3O2S. The van der Waals surface area contributed by atoms with Crippen LogP contribution >= 0.6 is 11.3 Å². The largest absolute Gasteiger partial charge is 0.452 e. The van der Waals surface area contributed by atoms with E-state index in [1.54, 1.807) is 4.90 Å². The molecule has 27 heavy (non-hydrogen) atoms. The first-order valence-corrected chi connectivity index (χ1v) is 8.74. The molecule has 0 saturated carbocycles. The summed E-state index contributed by atoms with van der Waals surface area (Å²) in [5, 5.41) is 0.189. The van der Waals surface area contributed by atoms with Crippen molar-refractivity contribution in [1.82, 2.24) is 9.97 Å². The SMILES string of the molecule is O=C(OCC(F)(F)F)c1cc2c(N3CCCCC3)nc(C(F)(F)F)nc2s1. The van der Waals surface area contributed by atoms with Crippen LogP contribution in [0.1, 0.15) is 34.8 Å². The fourth-order valence-corrected chi connectivity index (χ4v) is 3.62. The van der Waals surface area contributed by atoms with Crippen molar-refractivity contribution in [2.75, 3.05) is 24.6 Å². The number of thiophene rings is 1. The molecule has 3 heterocycles. The lowest BCUT2D eigenvalue weighted by atomic mass is 10.1. The fraction of sp³-hybridized carbons (Fsp3) is 0.533. The minimum atomic E-state index is -4.79. The van der Waals surface area contributed by atoms with Crippen LogP contribution in [0.4, 0.5) is 32.2 Å². The number of esters is 1. The van der Waals surface area contributed by atoms with Gasteiger partial charge in [0, 0.05) is 13.1 Å². The fourth-order valence-electron chi connectivity index (χ4n) is 2.70. The highest BCUT2D eigenvalue weighted by atomic mass is 32.1. The monoisotopic (exact) mass is 413 g/mol. The van der Waals surface area contributed by atoms with Crippen molar-refractivity contribution in [2.24, 2.45) is 0 Å². The lowest BCUT2D eigenvalue weighted by Gasteiger charge is -2.28. The number of fused-ring (bicyclic) bond motifs is 1. The van der Waals surface area contributed by atoms with Gasteiger partial charge in [-0.25, -0.2) is 14.8 Å². The molecule has 5 nitrogen and oxygen atoms in total. The Morgan fingerprint density at radius 2 is 1.78 bits per heavy atom. The van der Waals surface area contributed by atoms with E-state index < -0.39 is 30.8 Å². The van der Waals surface area contributed by atoms with E-state index in [0.717, 1.165) is 19.3 Å². The summed E-state index contributed by atoms with van der Waals surface area (Å²) in [6.07, 6.45) is -7.00. The molecule has 12 heteroatoms. The van der Waals surface area contributed by atoms with Crippen molar-refractivity contribution >= 4 is 33.3 Å². The predicted octanol–water partition coefficient (Wildman–Crippen LogP) is 4.42. The van der Waals surface area contributed by atoms with Crippen LogP contribution in [0, 0.1) is 0 Å². The van der Waals surface area contributed by atoms with Crippen molar-refractivity contribution in [3.05, 3.63) is 16.8 Å². The number of alkyl halides is 6. The number of carbonyl (C=O) groups is 1. The van der Waals surface area contributed by atoms with Gasteiger partial charge in [-0.05, 0) is 25.3 Å². The molecule has 1 aliphatic rings. The summed E-state index contributed by atoms with van der Waals surface area (Å²) in [4.78, 5) is 20.2. The summed E-state index contributed by atoms with van der Waals surface area (Å²) in [5.41, 5.74) is 0. The van der Waals surface area contributed by atoms with Crippen molar-refractivity contribution < 1.29 is 35.9 Å². The highest BCUT2D eigenvalue weighted by Gasteiger charge is 2.37. The summed E-state index contributed by atoms with van der Waals surface area (Å²) in [6, 6.07) is 1.18. The number of ether oxygens (including phenoxy) is 1. The molecule has 1 saturated heterocycles. The van der Waals surface area contributed by atoms with Crippen LogP contribution in [-0.2, 0) is 10.9 Å². The normalized spacial score (nSPS) is 16.0. The van der Waals surface area contributed by atoms with Gasteiger partial charge in [-0.3, -0.25) is 0 Å². The molecule has 148 valence electrons. The molecule has 0 aromatic carbocycles. The highest BCUT2D eigenvalue weighted by molar-refractivity contribution is 7.20. The van der Waals surface area contributed by atoms with E-state index in [1.807, 2.05) is 0 Å². The number of piperidine rings is 1. The maximum atomic E-state index is 13.1. The van der Waals surface area contributed by atoms with Gasteiger partial charge >= 0.3 is 18.3 Å². The van der Waals surface area contributed by atoms with Crippen LogP contribution in [0.25, 0.3) is 10.2 Å². The Morgan fingerprint density at radius 1 is 1.11 bits per heavy atom. The number of nitrogens with zero attached hydrogens (tertiary/aromatic N) is 3. The van der Waals surface area contributed by atoms with Crippen molar-refractivity contribution in [2.45, 2.75) is 31.6 Å². The topological polar surface area (TPSA) is 55.3 Å². The Hall–Kier alpha value is -2.11. The summed E-state index contributed by atoms with van der Waals surface area (Å²) < 4.78 is 80.1. The standard InChI is InChI=1S/C15H13F6N3O2S/c16-14(17,18)7-26-12(25)9-6-8-10(24-4-2-1-3-5-24)22-13(15(19,20)21)23-11(8)27-9/h6H,1-5,7H2. The predicted molar refractivity (Wildman–Crippen MR) is 84.8 cm³/mol. The Bertz CT molecular complexity index is 842. The molecule has 0 N–H and O–H groups in total. The van der Waals surface area contributed by atoms with Gasteiger partial charge in [-0.1, -0.05) is 0 Å². The van der Waals surface area contributed by atoms with E-state index in [9.17, 15) is 31.1 Å². The molecule has 1 aliphatic heterocycles. The summed E-state index contributed by atoms with van der Waals surface area (Å²) >= 11 is 0.545. The van der Waals surface area contributed by atoms with Crippen molar-refractivity contribution in [3.8, 4) is 0 Å². The second-order valence-corrected chi connectivity index (χ2v) is 6.97. The Balaban J connectivity index is 2.01. The van der Waals surface area contributed by atoms with E-state index >= 15 is 0 Å². The van der Waals surface area contributed by atoms with Crippen LogP contribution in [-0.4, -0.2) is 41.8 Å². The van der Waals surface area contributed by atoms with Gasteiger partial charge in [0.1, 0.15) is 15.5 Å². The minimum Gasteiger partial charge on any atom is -0.452 e. The molecule has 0 spiro atoms. The van der Waals surface area contributed by atoms with Gasteiger partial charge in [-0.2, -0.15) is 26.3 Å². The van der Waals surface area contributed by atoms with Crippen molar-refractivity contribution in [1.29, 1.82) is 0 Å². The maximum Gasteiger partial charge on any atom is 0.451 e. The van der Waals surface area contributed by atoms with Crippen LogP contribution in [0.2, 0.25) is 0 Å². The lowest BCUT2D eigenvalue weighted by molar-refractivity contribution is -0.161. The van der Waals surface area contributed by atoms with E-state index in [2.05, 4.69) is 14.7 Å². The van der Waals surface area contributed by atoms with Gasteiger partial charge in [0.05, 0.1) is 5.39 Å². The average molecular weight is 413 g/mol. The summed E-state index contributed by atoms with van der Waals surface area (Å²) in [7, 11) is 0.